The third-order valence-electron chi connectivity index (χ3n) is 2.99. The number of ether oxygens (including phenoxy) is 1. The molecule has 0 amide bonds. The number of rotatable bonds is 1. The Bertz CT molecular complexity index is 264. The highest BCUT2D eigenvalue weighted by atomic mass is 16.5. The topological polar surface area (TPSA) is 47.3 Å². The average molecular weight is 194 g/mol. The molecule has 1 unspecified atom stereocenters. The van der Waals surface area contributed by atoms with Gasteiger partial charge in [-0.25, -0.2) is 0 Å². The third kappa shape index (κ3) is 1.99. The van der Waals surface area contributed by atoms with Crippen LogP contribution in [0.3, 0.4) is 0 Å². The van der Waals surface area contributed by atoms with Crippen molar-refractivity contribution in [2.24, 2.45) is 11.7 Å². The molecule has 0 bridgehead atoms. The van der Waals surface area contributed by atoms with Crippen LogP contribution in [0.2, 0.25) is 0 Å². The summed E-state index contributed by atoms with van der Waals surface area (Å²) in [5.74, 6) is 0.495. The summed E-state index contributed by atoms with van der Waals surface area (Å²) in [7, 11) is 0. The molecule has 0 spiro atoms. The van der Waals surface area contributed by atoms with Gasteiger partial charge in [0.25, 0.3) is 0 Å². The van der Waals surface area contributed by atoms with E-state index in [4.69, 9.17) is 10.5 Å². The molecule has 3 N–H and O–H groups in total. The van der Waals surface area contributed by atoms with Crippen LogP contribution in [0.15, 0.2) is 23.4 Å². The van der Waals surface area contributed by atoms with Crippen LogP contribution in [0, 0.1) is 5.92 Å². The zero-order valence-corrected chi connectivity index (χ0v) is 8.62. The first kappa shape index (κ1) is 9.74. The quantitative estimate of drug-likeness (QED) is 0.648. The molecule has 0 aromatic carbocycles. The maximum Gasteiger partial charge on any atom is 0.0765 e. The van der Waals surface area contributed by atoms with E-state index in [1.165, 1.54) is 5.57 Å². The molecule has 0 radical (unpaired) electrons. The van der Waals surface area contributed by atoms with Gasteiger partial charge in [0.2, 0.25) is 0 Å². The highest BCUT2D eigenvalue weighted by molar-refractivity contribution is 5.27. The minimum atomic E-state index is 0.322. The van der Waals surface area contributed by atoms with E-state index >= 15 is 0 Å². The van der Waals surface area contributed by atoms with Crippen LogP contribution in [0.1, 0.15) is 13.3 Å². The summed E-state index contributed by atoms with van der Waals surface area (Å²) < 4.78 is 5.72. The minimum Gasteiger partial charge on any atom is -0.399 e. The van der Waals surface area contributed by atoms with Crippen molar-refractivity contribution >= 4 is 0 Å². The first-order chi connectivity index (χ1) is 6.77. The molecule has 3 nitrogen and oxygen atoms in total. The summed E-state index contributed by atoms with van der Waals surface area (Å²) in [6.07, 6.45) is 5.55. The summed E-state index contributed by atoms with van der Waals surface area (Å²) in [5.41, 5.74) is 8.01. The van der Waals surface area contributed by atoms with Gasteiger partial charge < -0.3 is 15.8 Å². The molecular formula is C11H18N2O. The van der Waals surface area contributed by atoms with Crippen molar-refractivity contribution in [3.63, 3.8) is 0 Å². The summed E-state index contributed by atoms with van der Waals surface area (Å²) in [6.45, 7) is 4.86. The van der Waals surface area contributed by atoms with E-state index in [9.17, 15) is 0 Å². The van der Waals surface area contributed by atoms with Crippen LogP contribution >= 0.6 is 0 Å². The van der Waals surface area contributed by atoms with E-state index in [0.29, 0.717) is 12.0 Å². The smallest absolute Gasteiger partial charge is 0.0765 e. The number of nitrogens with two attached hydrogens (primary N) is 1. The molecule has 1 saturated heterocycles. The first-order valence-electron chi connectivity index (χ1n) is 5.23. The van der Waals surface area contributed by atoms with E-state index < -0.39 is 0 Å². The molecule has 0 aromatic heterocycles. The lowest BCUT2D eigenvalue weighted by Gasteiger charge is -2.31. The Labute approximate surface area is 85.0 Å². The first-order valence-corrected chi connectivity index (χ1v) is 5.23. The van der Waals surface area contributed by atoms with Crippen molar-refractivity contribution in [3.05, 3.63) is 23.4 Å². The van der Waals surface area contributed by atoms with Crippen molar-refractivity contribution < 1.29 is 4.74 Å². The van der Waals surface area contributed by atoms with Crippen LogP contribution in [-0.4, -0.2) is 25.8 Å². The van der Waals surface area contributed by atoms with E-state index in [2.05, 4.69) is 18.3 Å². The minimum absolute atomic E-state index is 0.322. The summed E-state index contributed by atoms with van der Waals surface area (Å²) in [4.78, 5) is 0. The molecule has 1 aliphatic heterocycles. The van der Waals surface area contributed by atoms with Crippen LogP contribution in [0.4, 0.5) is 0 Å². The standard InChI is InChI=1S/C11H18N2O/c1-8-6-9(2-3-10(8)12)11-7-13-4-5-14-11/h2-3,9,11,13H,4-7,12H2,1H3/t9?,11-/m1/s1. The lowest BCUT2D eigenvalue weighted by atomic mass is 9.88. The fraction of sp³-hybridized carbons (Fsp3) is 0.636. The Morgan fingerprint density at radius 1 is 1.57 bits per heavy atom. The molecular weight excluding hydrogens is 176 g/mol. The second-order valence-electron chi connectivity index (χ2n) is 4.08. The number of morpholine rings is 1. The average Bonchev–Trinajstić information content (AvgIpc) is 2.23. The van der Waals surface area contributed by atoms with Gasteiger partial charge in [-0.3, -0.25) is 0 Å². The molecule has 1 heterocycles. The monoisotopic (exact) mass is 194 g/mol. The van der Waals surface area contributed by atoms with Gasteiger partial charge in [0.1, 0.15) is 0 Å². The van der Waals surface area contributed by atoms with Crippen LogP contribution < -0.4 is 11.1 Å². The molecule has 3 heteroatoms. The maximum absolute atomic E-state index is 5.81. The zero-order chi connectivity index (χ0) is 9.97. The number of nitrogens with one attached hydrogen (secondary N) is 1. The van der Waals surface area contributed by atoms with Gasteiger partial charge in [-0.1, -0.05) is 6.08 Å². The molecule has 2 atom stereocenters. The molecule has 1 fully saturated rings. The lowest BCUT2D eigenvalue weighted by molar-refractivity contribution is 0.00289. The van der Waals surface area contributed by atoms with E-state index in [0.717, 1.165) is 31.8 Å². The predicted molar refractivity (Wildman–Crippen MR) is 56.7 cm³/mol. The molecule has 0 saturated carbocycles. The Morgan fingerprint density at radius 2 is 2.43 bits per heavy atom. The van der Waals surface area contributed by atoms with Crippen LogP contribution in [0.5, 0.6) is 0 Å². The van der Waals surface area contributed by atoms with Gasteiger partial charge >= 0.3 is 0 Å². The Hall–Kier alpha value is -0.800. The van der Waals surface area contributed by atoms with Crippen LogP contribution in [-0.2, 0) is 4.74 Å². The second-order valence-corrected chi connectivity index (χ2v) is 4.08. The van der Waals surface area contributed by atoms with Gasteiger partial charge in [0.15, 0.2) is 0 Å². The van der Waals surface area contributed by atoms with Gasteiger partial charge in [-0.15, -0.1) is 0 Å². The highest BCUT2D eigenvalue weighted by Gasteiger charge is 2.24. The van der Waals surface area contributed by atoms with Gasteiger partial charge in [0, 0.05) is 24.7 Å². The van der Waals surface area contributed by atoms with Crippen molar-refractivity contribution in [1.29, 1.82) is 0 Å². The Kier molecular flexibility index (Phi) is 2.89. The molecule has 0 aromatic rings. The number of hydrogen-bond donors (Lipinski definition) is 2. The largest absolute Gasteiger partial charge is 0.399 e. The lowest BCUT2D eigenvalue weighted by Crippen LogP contribution is -2.42. The van der Waals surface area contributed by atoms with Gasteiger partial charge in [-0.05, 0) is 25.0 Å². The second kappa shape index (κ2) is 4.15. The van der Waals surface area contributed by atoms with Crippen molar-refractivity contribution in [2.75, 3.05) is 19.7 Å². The Morgan fingerprint density at radius 3 is 3.07 bits per heavy atom. The zero-order valence-electron chi connectivity index (χ0n) is 8.62. The fourth-order valence-electron chi connectivity index (χ4n) is 2.03. The number of allylic oxidation sites excluding steroid dienone is 2. The third-order valence-corrected chi connectivity index (χ3v) is 2.99. The van der Waals surface area contributed by atoms with Crippen molar-refractivity contribution in [2.45, 2.75) is 19.4 Å². The van der Waals surface area contributed by atoms with Gasteiger partial charge in [0.05, 0.1) is 12.7 Å². The maximum atomic E-state index is 5.81. The van der Waals surface area contributed by atoms with Crippen molar-refractivity contribution in [1.82, 2.24) is 5.32 Å². The highest BCUT2D eigenvalue weighted by Crippen LogP contribution is 2.25. The normalized spacial score (nSPS) is 33.5. The van der Waals surface area contributed by atoms with E-state index in [1.54, 1.807) is 0 Å². The SMILES string of the molecule is CC1=C(N)C=CC([C@H]2CNCCO2)C1. The summed E-state index contributed by atoms with van der Waals surface area (Å²) >= 11 is 0. The Balaban J connectivity index is 1.97. The van der Waals surface area contributed by atoms with Crippen LogP contribution in [0.25, 0.3) is 0 Å². The molecule has 2 aliphatic rings. The van der Waals surface area contributed by atoms with E-state index in [-0.39, 0.29) is 0 Å². The predicted octanol–water partition coefficient (Wildman–Crippen LogP) is 0.784. The summed E-state index contributed by atoms with van der Waals surface area (Å²) in [5, 5.41) is 3.35. The molecule has 2 rings (SSSR count). The molecule has 14 heavy (non-hydrogen) atoms. The molecule has 1 aliphatic carbocycles. The molecule has 78 valence electrons. The van der Waals surface area contributed by atoms with Crippen molar-refractivity contribution in [3.8, 4) is 0 Å². The fourth-order valence-corrected chi connectivity index (χ4v) is 2.03. The van der Waals surface area contributed by atoms with Gasteiger partial charge in [-0.2, -0.15) is 0 Å². The summed E-state index contributed by atoms with van der Waals surface area (Å²) in [6, 6.07) is 0. The van der Waals surface area contributed by atoms with E-state index in [1.807, 2.05) is 6.08 Å². The number of hydrogen-bond acceptors (Lipinski definition) is 3.